The maximum absolute atomic E-state index is 12.7. The number of ether oxygens (including phenoxy) is 1. The normalized spacial score (nSPS) is 29.2. The molecule has 2 aliphatic heterocycles. The summed E-state index contributed by atoms with van der Waals surface area (Å²) in [7, 11) is -1.54. The van der Waals surface area contributed by atoms with E-state index in [1.54, 1.807) is 18.3 Å². The Morgan fingerprint density at radius 3 is 2.41 bits per heavy atom. The maximum atomic E-state index is 12.7. The number of piperidine rings is 1. The van der Waals surface area contributed by atoms with E-state index in [4.69, 9.17) is 4.74 Å². The molecule has 3 fully saturated rings. The number of nitrogens with zero attached hydrogens (tertiary/aromatic N) is 2. The van der Waals surface area contributed by atoms with Crippen LogP contribution >= 0.6 is 0 Å². The fraction of sp³-hybridized carbons (Fsp3) is 0.933. The third kappa shape index (κ3) is 2.90. The molecule has 3 aliphatic rings. The highest BCUT2D eigenvalue weighted by Gasteiger charge is 2.52. The van der Waals surface area contributed by atoms with Crippen molar-refractivity contribution in [2.24, 2.45) is 5.41 Å². The van der Waals surface area contributed by atoms with Crippen LogP contribution in [0.25, 0.3) is 0 Å². The third-order valence-electron chi connectivity index (χ3n) is 5.47. The second-order valence-corrected chi connectivity index (χ2v) is 9.27. The SMILES string of the molecule is COCC1CC2(CCN(C(C)=O)CC2)CN1S(=O)(=O)C1CC1. The lowest BCUT2D eigenvalue weighted by atomic mass is 9.76. The number of amides is 1. The van der Waals surface area contributed by atoms with Gasteiger partial charge in [0, 0.05) is 39.7 Å². The minimum absolute atomic E-state index is 0.0249. The number of carbonyl (C=O) groups is 1. The average Bonchev–Trinajstić information content (AvgIpc) is 3.26. The molecule has 2 heterocycles. The van der Waals surface area contributed by atoms with E-state index >= 15 is 0 Å². The van der Waals surface area contributed by atoms with Gasteiger partial charge in [-0.3, -0.25) is 4.79 Å². The van der Waals surface area contributed by atoms with Crippen molar-refractivity contribution in [3.05, 3.63) is 0 Å². The Kier molecular flexibility index (Phi) is 4.24. The van der Waals surface area contributed by atoms with E-state index < -0.39 is 10.0 Å². The summed E-state index contributed by atoms with van der Waals surface area (Å²) in [4.78, 5) is 13.4. The Labute approximate surface area is 132 Å². The van der Waals surface area contributed by atoms with E-state index in [1.165, 1.54) is 0 Å². The molecule has 3 rings (SSSR count). The molecule has 0 radical (unpaired) electrons. The average molecular weight is 330 g/mol. The number of hydrogen-bond acceptors (Lipinski definition) is 4. The van der Waals surface area contributed by atoms with Crippen LogP contribution in [-0.4, -0.2) is 68.2 Å². The lowest BCUT2D eigenvalue weighted by Crippen LogP contribution is -2.44. The Bertz CT molecular complexity index is 536. The molecule has 0 aromatic rings. The third-order valence-corrected chi connectivity index (χ3v) is 7.86. The summed E-state index contributed by atoms with van der Waals surface area (Å²) in [6.07, 6.45) is 4.23. The summed E-state index contributed by atoms with van der Waals surface area (Å²) in [6.45, 7) is 4.15. The second kappa shape index (κ2) is 5.76. The van der Waals surface area contributed by atoms with Gasteiger partial charge < -0.3 is 9.64 Å². The minimum atomic E-state index is -3.17. The number of hydrogen-bond donors (Lipinski definition) is 0. The smallest absolute Gasteiger partial charge is 0.219 e. The minimum Gasteiger partial charge on any atom is -0.383 e. The van der Waals surface area contributed by atoms with E-state index in [1.807, 2.05) is 4.90 Å². The predicted molar refractivity (Wildman–Crippen MR) is 82.8 cm³/mol. The first-order chi connectivity index (χ1) is 10.4. The molecule has 1 aliphatic carbocycles. The van der Waals surface area contributed by atoms with Crippen molar-refractivity contribution in [1.29, 1.82) is 0 Å². The van der Waals surface area contributed by atoms with E-state index in [2.05, 4.69) is 0 Å². The van der Waals surface area contributed by atoms with Crippen molar-refractivity contribution >= 4 is 15.9 Å². The number of rotatable bonds is 4. The molecule has 6 nitrogen and oxygen atoms in total. The van der Waals surface area contributed by atoms with Crippen LogP contribution in [0.2, 0.25) is 0 Å². The summed E-state index contributed by atoms with van der Waals surface area (Å²) >= 11 is 0. The van der Waals surface area contributed by atoms with Crippen molar-refractivity contribution in [3.8, 4) is 0 Å². The second-order valence-electron chi connectivity index (χ2n) is 7.11. The lowest BCUT2D eigenvalue weighted by molar-refractivity contribution is -0.131. The van der Waals surface area contributed by atoms with Crippen LogP contribution in [0.3, 0.4) is 0 Å². The van der Waals surface area contributed by atoms with Gasteiger partial charge in [0.05, 0.1) is 11.9 Å². The zero-order chi connectivity index (χ0) is 16.0. The predicted octanol–water partition coefficient (Wildman–Crippen LogP) is 0.828. The number of likely N-dealkylation sites (tertiary alicyclic amines) is 1. The topological polar surface area (TPSA) is 66.9 Å². The molecule has 2 saturated heterocycles. The Morgan fingerprint density at radius 1 is 1.27 bits per heavy atom. The highest BCUT2D eigenvalue weighted by Crippen LogP contribution is 2.46. The van der Waals surface area contributed by atoms with E-state index in [9.17, 15) is 13.2 Å². The van der Waals surface area contributed by atoms with Crippen LogP contribution in [0.5, 0.6) is 0 Å². The Morgan fingerprint density at radius 2 is 1.91 bits per heavy atom. The molecule has 0 bridgehead atoms. The molecule has 126 valence electrons. The van der Waals surface area contributed by atoms with Gasteiger partial charge in [0.25, 0.3) is 0 Å². The van der Waals surface area contributed by atoms with E-state index in [0.717, 1.165) is 45.2 Å². The molecule has 0 aromatic carbocycles. The first-order valence-electron chi connectivity index (χ1n) is 8.13. The zero-order valence-electron chi connectivity index (χ0n) is 13.5. The van der Waals surface area contributed by atoms with Crippen LogP contribution in [0, 0.1) is 5.41 Å². The van der Waals surface area contributed by atoms with Crippen LogP contribution in [-0.2, 0) is 19.6 Å². The molecule has 0 N–H and O–H groups in total. The maximum Gasteiger partial charge on any atom is 0.219 e. The Hall–Kier alpha value is -0.660. The fourth-order valence-electron chi connectivity index (χ4n) is 3.97. The highest BCUT2D eigenvalue weighted by molar-refractivity contribution is 7.90. The number of carbonyl (C=O) groups excluding carboxylic acids is 1. The molecular weight excluding hydrogens is 304 g/mol. The van der Waals surface area contributed by atoms with Crippen molar-refractivity contribution in [2.75, 3.05) is 33.4 Å². The first-order valence-corrected chi connectivity index (χ1v) is 9.63. The summed E-state index contributed by atoms with van der Waals surface area (Å²) in [5.74, 6) is 0.115. The molecule has 1 amide bonds. The van der Waals surface area contributed by atoms with Crippen molar-refractivity contribution in [1.82, 2.24) is 9.21 Å². The largest absolute Gasteiger partial charge is 0.383 e. The number of methoxy groups -OCH3 is 1. The summed E-state index contributed by atoms with van der Waals surface area (Å²) in [6, 6.07) is -0.0421. The van der Waals surface area contributed by atoms with Gasteiger partial charge in [-0.1, -0.05) is 0 Å². The van der Waals surface area contributed by atoms with Gasteiger partial charge in [-0.15, -0.1) is 0 Å². The molecule has 7 heteroatoms. The summed E-state index contributed by atoms with van der Waals surface area (Å²) in [5, 5.41) is -0.167. The zero-order valence-corrected chi connectivity index (χ0v) is 14.3. The van der Waals surface area contributed by atoms with Crippen LogP contribution in [0.15, 0.2) is 0 Å². The first kappa shape index (κ1) is 16.2. The monoisotopic (exact) mass is 330 g/mol. The van der Waals surface area contributed by atoms with E-state index in [0.29, 0.717) is 13.2 Å². The van der Waals surface area contributed by atoms with Crippen molar-refractivity contribution in [2.45, 2.75) is 50.3 Å². The van der Waals surface area contributed by atoms with Crippen LogP contribution in [0.1, 0.15) is 39.0 Å². The van der Waals surface area contributed by atoms with Crippen molar-refractivity contribution in [3.63, 3.8) is 0 Å². The van der Waals surface area contributed by atoms with Gasteiger partial charge in [0.2, 0.25) is 15.9 Å². The highest BCUT2D eigenvalue weighted by atomic mass is 32.2. The van der Waals surface area contributed by atoms with Gasteiger partial charge in [-0.25, -0.2) is 8.42 Å². The van der Waals surface area contributed by atoms with Gasteiger partial charge >= 0.3 is 0 Å². The summed E-state index contributed by atoms with van der Waals surface area (Å²) < 4.78 is 32.4. The van der Waals surface area contributed by atoms with Crippen LogP contribution in [0.4, 0.5) is 0 Å². The van der Waals surface area contributed by atoms with E-state index in [-0.39, 0.29) is 22.6 Å². The molecular formula is C15H26N2O4S. The van der Waals surface area contributed by atoms with Gasteiger partial charge in [0.15, 0.2) is 0 Å². The lowest BCUT2D eigenvalue weighted by Gasteiger charge is -2.38. The Balaban J connectivity index is 1.75. The molecule has 1 saturated carbocycles. The van der Waals surface area contributed by atoms with Gasteiger partial charge in [0.1, 0.15) is 0 Å². The van der Waals surface area contributed by atoms with Crippen LogP contribution < -0.4 is 0 Å². The quantitative estimate of drug-likeness (QED) is 0.766. The van der Waals surface area contributed by atoms with Crippen molar-refractivity contribution < 1.29 is 17.9 Å². The molecule has 0 aromatic heterocycles. The van der Waals surface area contributed by atoms with Gasteiger partial charge in [-0.2, -0.15) is 4.31 Å². The fourth-order valence-corrected chi connectivity index (χ4v) is 6.09. The molecule has 22 heavy (non-hydrogen) atoms. The molecule has 1 unspecified atom stereocenters. The molecule has 1 spiro atoms. The van der Waals surface area contributed by atoms with Gasteiger partial charge in [-0.05, 0) is 37.5 Å². The summed E-state index contributed by atoms with van der Waals surface area (Å²) in [5.41, 5.74) is 0.0249. The standard InChI is InChI=1S/C15H26N2O4S/c1-12(18)16-7-5-15(6-8-16)9-13(10-21-2)17(11-15)22(19,20)14-3-4-14/h13-14H,3-11H2,1-2H3. The number of sulfonamides is 1. The molecule has 1 atom stereocenters.